The summed E-state index contributed by atoms with van der Waals surface area (Å²) in [5.41, 5.74) is -0.310. The second-order valence-corrected chi connectivity index (χ2v) is 5.03. The molecule has 0 aliphatic carbocycles. The lowest BCUT2D eigenvalue weighted by Gasteiger charge is -2.10. The second kappa shape index (κ2) is 5.76. The number of aromatic nitrogens is 3. The molecule has 1 heterocycles. The van der Waals surface area contributed by atoms with Crippen molar-refractivity contribution in [3.05, 3.63) is 35.7 Å². The van der Waals surface area contributed by atoms with Crippen LogP contribution in [0.3, 0.4) is 0 Å². The number of hydrogen-bond donors (Lipinski definition) is 1. The predicted octanol–water partition coefficient (Wildman–Crippen LogP) is 2.77. The lowest BCUT2D eigenvalue weighted by molar-refractivity contribution is -0.137. The summed E-state index contributed by atoms with van der Waals surface area (Å²) in [6.45, 7) is 1.63. The van der Waals surface area contributed by atoms with E-state index in [4.69, 9.17) is 5.11 Å². The van der Waals surface area contributed by atoms with Crippen LogP contribution in [-0.2, 0) is 11.0 Å². The van der Waals surface area contributed by atoms with Gasteiger partial charge in [0.25, 0.3) is 0 Å². The fourth-order valence-corrected chi connectivity index (χ4v) is 2.38. The Morgan fingerprint density at radius 1 is 1.29 bits per heavy atom. The van der Waals surface area contributed by atoms with E-state index in [0.29, 0.717) is 16.7 Å². The molecule has 1 aromatic carbocycles. The minimum absolute atomic E-state index is 0.210. The third-order valence-electron chi connectivity index (χ3n) is 2.57. The summed E-state index contributed by atoms with van der Waals surface area (Å²) >= 11 is 0.948. The topological polar surface area (TPSA) is 68.0 Å². The summed E-state index contributed by atoms with van der Waals surface area (Å²) in [5.74, 6) is -0.763. The Balaban J connectivity index is 2.33. The monoisotopic (exact) mass is 317 g/mol. The lowest BCUT2D eigenvalue weighted by atomic mass is 10.2. The molecule has 0 saturated carbocycles. The van der Waals surface area contributed by atoms with Crippen LogP contribution in [0.15, 0.2) is 29.4 Å². The Morgan fingerprint density at radius 3 is 2.43 bits per heavy atom. The van der Waals surface area contributed by atoms with Crippen molar-refractivity contribution in [2.45, 2.75) is 18.3 Å². The summed E-state index contributed by atoms with van der Waals surface area (Å²) in [6, 6.07) is 4.51. The quantitative estimate of drug-likeness (QED) is 0.878. The van der Waals surface area contributed by atoms with Crippen molar-refractivity contribution in [1.29, 1.82) is 0 Å². The first kappa shape index (κ1) is 15.4. The maximum Gasteiger partial charge on any atom is 0.416 e. The van der Waals surface area contributed by atoms with E-state index >= 15 is 0 Å². The molecule has 0 aliphatic heterocycles. The Hall–Kier alpha value is -2.03. The van der Waals surface area contributed by atoms with E-state index in [2.05, 4.69) is 10.2 Å². The number of carboxylic acid groups (broad SMARTS) is 1. The minimum Gasteiger partial charge on any atom is -0.481 e. The molecule has 0 aliphatic rings. The number of aryl methyl sites for hydroxylation is 1. The molecule has 1 N–H and O–H groups in total. The molecule has 0 saturated heterocycles. The van der Waals surface area contributed by atoms with Crippen LogP contribution in [0, 0.1) is 6.92 Å². The van der Waals surface area contributed by atoms with Gasteiger partial charge in [-0.3, -0.25) is 9.36 Å². The molecule has 0 spiro atoms. The number of carboxylic acids is 1. The first-order valence-electron chi connectivity index (χ1n) is 5.73. The van der Waals surface area contributed by atoms with E-state index in [1.54, 1.807) is 6.92 Å². The van der Waals surface area contributed by atoms with Crippen LogP contribution in [0.4, 0.5) is 13.2 Å². The van der Waals surface area contributed by atoms with Crippen LogP contribution >= 0.6 is 11.8 Å². The molecule has 9 heteroatoms. The summed E-state index contributed by atoms with van der Waals surface area (Å²) in [7, 11) is 0. The van der Waals surface area contributed by atoms with Crippen LogP contribution in [0.25, 0.3) is 5.69 Å². The number of aliphatic carboxylic acids is 1. The molecular formula is C12H10F3N3O2S. The number of nitrogens with zero attached hydrogens (tertiary/aromatic N) is 3. The van der Waals surface area contributed by atoms with Gasteiger partial charge in [-0.05, 0) is 31.2 Å². The number of halogens is 3. The SMILES string of the molecule is Cc1nnc(SCC(=O)O)n1-c1ccc(C(F)(F)F)cc1. The van der Waals surface area contributed by atoms with Gasteiger partial charge in [0.1, 0.15) is 5.82 Å². The highest BCUT2D eigenvalue weighted by Gasteiger charge is 2.30. The molecule has 2 aromatic rings. The van der Waals surface area contributed by atoms with E-state index in [-0.39, 0.29) is 5.75 Å². The molecule has 5 nitrogen and oxygen atoms in total. The van der Waals surface area contributed by atoms with Gasteiger partial charge in [-0.2, -0.15) is 13.2 Å². The van der Waals surface area contributed by atoms with Gasteiger partial charge < -0.3 is 5.11 Å². The number of alkyl halides is 3. The maximum absolute atomic E-state index is 12.5. The van der Waals surface area contributed by atoms with Crippen molar-refractivity contribution in [3.8, 4) is 5.69 Å². The van der Waals surface area contributed by atoms with Gasteiger partial charge >= 0.3 is 12.1 Å². The average Bonchev–Trinajstić information content (AvgIpc) is 2.76. The van der Waals surface area contributed by atoms with Crippen molar-refractivity contribution in [2.24, 2.45) is 0 Å². The molecule has 112 valence electrons. The summed E-state index contributed by atoms with van der Waals surface area (Å²) < 4.78 is 39.1. The van der Waals surface area contributed by atoms with Crippen molar-refractivity contribution in [1.82, 2.24) is 14.8 Å². The van der Waals surface area contributed by atoms with E-state index in [1.165, 1.54) is 16.7 Å². The molecule has 0 atom stereocenters. The lowest BCUT2D eigenvalue weighted by Crippen LogP contribution is -2.06. The molecule has 0 amide bonds. The van der Waals surface area contributed by atoms with E-state index in [9.17, 15) is 18.0 Å². The van der Waals surface area contributed by atoms with Crippen LogP contribution in [0.2, 0.25) is 0 Å². The van der Waals surface area contributed by atoms with Crippen LogP contribution < -0.4 is 0 Å². The largest absolute Gasteiger partial charge is 0.481 e. The van der Waals surface area contributed by atoms with Crippen molar-refractivity contribution in [3.63, 3.8) is 0 Å². The normalized spacial score (nSPS) is 11.6. The van der Waals surface area contributed by atoms with Gasteiger partial charge in [0.2, 0.25) is 0 Å². The molecule has 2 rings (SSSR count). The highest BCUT2D eigenvalue weighted by molar-refractivity contribution is 7.99. The zero-order chi connectivity index (χ0) is 15.6. The van der Waals surface area contributed by atoms with Crippen LogP contribution in [-0.4, -0.2) is 31.6 Å². The molecular weight excluding hydrogens is 307 g/mol. The zero-order valence-electron chi connectivity index (χ0n) is 10.8. The van der Waals surface area contributed by atoms with Gasteiger partial charge in [-0.25, -0.2) is 0 Å². The maximum atomic E-state index is 12.5. The fourth-order valence-electron chi connectivity index (χ4n) is 1.66. The Morgan fingerprint density at radius 2 is 1.90 bits per heavy atom. The Bertz CT molecular complexity index is 653. The predicted molar refractivity (Wildman–Crippen MR) is 69.5 cm³/mol. The number of hydrogen-bond acceptors (Lipinski definition) is 4. The standard InChI is InChI=1S/C12H10F3N3O2S/c1-7-16-17-11(21-6-10(19)20)18(7)9-4-2-8(3-5-9)12(13,14)15/h2-5H,6H2,1H3,(H,19,20). The summed E-state index contributed by atoms with van der Waals surface area (Å²) in [5, 5.41) is 16.6. The minimum atomic E-state index is -4.40. The number of thioether (sulfide) groups is 1. The van der Waals surface area contributed by atoms with E-state index < -0.39 is 17.7 Å². The van der Waals surface area contributed by atoms with Crippen molar-refractivity contribution < 1.29 is 23.1 Å². The van der Waals surface area contributed by atoms with Crippen LogP contribution in [0.5, 0.6) is 0 Å². The van der Waals surface area contributed by atoms with Gasteiger partial charge in [-0.1, -0.05) is 11.8 Å². The Labute approximate surface area is 121 Å². The fraction of sp³-hybridized carbons (Fsp3) is 0.250. The smallest absolute Gasteiger partial charge is 0.416 e. The van der Waals surface area contributed by atoms with Gasteiger partial charge in [-0.15, -0.1) is 10.2 Å². The molecule has 1 aromatic heterocycles. The average molecular weight is 317 g/mol. The van der Waals surface area contributed by atoms with Gasteiger partial charge in [0.05, 0.1) is 11.3 Å². The second-order valence-electron chi connectivity index (χ2n) is 4.09. The van der Waals surface area contributed by atoms with Crippen molar-refractivity contribution >= 4 is 17.7 Å². The molecule has 0 fully saturated rings. The molecule has 0 unspecified atom stereocenters. The van der Waals surface area contributed by atoms with Gasteiger partial charge in [0, 0.05) is 5.69 Å². The molecule has 21 heavy (non-hydrogen) atoms. The highest BCUT2D eigenvalue weighted by Crippen LogP contribution is 2.30. The highest BCUT2D eigenvalue weighted by atomic mass is 32.2. The Kier molecular flexibility index (Phi) is 4.21. The third-order valence-corrected chi connectivity index (χ3v) is 3.49. The van der Waals surface area contributed by atoms with Gasteiger partial charge in [0.15, 0.2) is 5.16 Å². The number of benzene rings is 1. The number of carbonyl (C=O) groups is 1. The third kappa shape index (κ3) is 3.54. The van der Waals surface area contributed by atoms with Crippen LogP contribution in [0.1, 0.15) is 11.4 Å². The molecule has 0 radical (unpaired) electrons. The number of rotatable bonds is 4. The molecule has 0 bridgehead atoms. The summed E-state index contributed by atoms with van der Waals surface area (Å²) in [4.78, 5) is 10.6. The first-order chi connectivity index (χ1) is 9.79. The summed E-state index contributed by atoms with van der Waals surface area (Å²) in [6.07, 6.45) is -4.40. The first-order valence-corrected chi connectivity index (χ1v) is 6.72. The zero-order valence-corrected chi connectivity index (χ0v) is 11.6. The van der Waals surface area contributed by atoms with E-state index in [0.717, 1.165) is 23.9 Å². The van der Waals surface area contributed by atoms with E-state index in [1.807, 2.05) is 0 Å². The van der Waals surface area contributed by atoms with Crippen molar-refractivity contribution in [2.75, 3.05) is 5.75 Å².